The van der Waals surface area contributed by atoms with Crippen LogP contribution in [0, 0.1) is 0 Å². The zero-order chi connectivity index (χ0) is 16.9. The normalized spacial score (nSPS) is 19.1. The van der Waals surface area contributed by atoms with Crippen LogP contribution in [0.5, 0.6) is 0 Å². The van der Waals surface area contributed by atoms with Crippen molar-refractivity contribution in [3.05, 3.63) is 22.8 Å². The number of ketones is 1. The van der Waals surface area contributed by atoms with Gasteiger partial charge >= 0.3 is 0 Å². The highest BCUT2D eigenvalue weighted by Gasteiger charge is 2.41. The summed E-state index contributed by atoms with van der Waals surface area (Å²) in [5, 5.41) is 2.57. The monoisotopic (exact) mass is 307 g/mol. The third-order valence-electron chi connectivity index (χ3n) is 3.98. The fourth-order valence-corrected chi connectivity index (χ4v) is 3.16. The third-order valence-corrected chi connectivity index (χ3v) is 3.98. The van der Waals surface area contributed by atoms with Crippen molar-refractivity contribution in [2.45, 2.75) is 53.4 Å². The highest BCUT2D eigenvalue weighted by atomic mass is 16.2. The smallest absolute Gasteiger partial charge is 0.258 e. The Balaban J connectivity index is 0.000000561. The summed E-state index contributed by atoms with van der Waals surface area (Å²) in [6.45, 7) is 8.71. The first-order valence-electron chi connectivity index (χ1n) is 8.38. The van der Waals surface area contributed by atoms with Crippen LogP contribution in [0.3, 0.4) is 0 Å². The molecule has 22 heavy (non-hydrogen) atoms. The average molecular weight is 307 g/mol. The third kappa shape index (κ3) is 2.89. The standard InChI is InChI=1S/C13H17N3O2.2C2H6/c1-14-12(18)11-10(17)6-7-16-9-5-3-4-8(9)15(2)13(11)16;2*1-2/h3-7H2,1-2H3,(H,14,18);2*1-2H3. The maximum absolute atomic E-state index is 12.0. The lowest BCUT2D eigenvalue weighted by Gasteiger charge is -2.31. The van der Waals surface area contributed by atoms with E-state index in [2.05, 4.69) is 10.2 Å². The minimum atomic E-state index is -0.271. The number of allylic oxidation sites excluding steroid dienone is 2. The van der Waals surface area contributed by atoms with Crippen LogP contribution in [-0.2, 0) is 9.59 Å². The lowest BCUT2D eigenvalue weighted by Crippen LogP contribution is -2.39. The van der Waals surface area contributed by atoms with Gasteiger partial charge in [-0.1, -0.05) is 27.7 Å². The Morgan fingerprint density at radius 2 is 1.64 bits per heavy atom. The maximum Gasteiger partial charge on any atom is 0.258 e. The lowest BCUT2D eigenvalue weighted by atomic mass is 10.0. The molecule has 3 rings (SSSR count). The van der Waals surface area contributed by atoms with E-state index < -0.39 is 0 Å². The molecule has 5 heteroatoms. The van der Waals surface area contributed by atoms with Gasteiger partial charge in [0.15, 0.2) is 5.78 Å². The van der Waals surface area contributed by atoms with Gasteiger partial charge in [0.1, 0.15) is 11.4 Å². The molecule has 3 aliphatic rings. The van der Waals surface area contributed by atoms with Crippen molar-refractivity contribution >= 4 is 11.7 Å². The number of hydrogen-bond acceptors (Lipinski definition) is 4. The first kappa shape index (κ1) is 18.3. The van der Waals surface area contributed by atoms with E-state index in [1.807, 2.05) is 39.6 Å². The zero-order valence-electron chi connectivity index (χ0n) is 14.7. The number of fused-ring (bicyclic) bond motifs is 2. The van der Waals surface area contributed by atoms with E-state index in [0.717, 1.165) is 18.7 Å². The van der Waals surface area contributed by atoms with E-state index >= 15 is 0 Å². The SMILES string of the molecule is CC.CC.CNC(=O)C1=C2N(C)C3=C(CCC3)N2CCC1=O. The minimum absolute atomic E-state index is 0.0476. The summed E-state index contributed by atoms with van der Waals surface area (Å²) in [4.78, 5) is 28.1. The Morgan fingerprint density at radius 1 is 1.05 bits per heavy atom. The van der Waals surface area contributed by atoms with Crippen molar-refractivity contribution in [3.8, 4) is 0 Å². The minimum Gasteiger partial charge on any atom is -0.355 e. The van der Waals surface area contributed by atoms with Crippen LogP contribution in [0.4, 0.5) is 0 Å². The van der Waals surface area contributed by atoms with Gasteiger partial charge in [0.05, 0.1) is 0 Å². The summed E-state index contributed by atoms with van der Waals surface area (Å²) in [6, 6.07) is 0. The zero-order valence-corrected chi connectivity index (χ0v) is 14.7. The fourth-order valence-electron chi connectivity index (χ4n) is 3.16. The Hall–Kier alpha value is -1.78. The number of nitrogens with one attached hydrogen (secondary N) is 1. The fraction of sp³-hybridized carbons (Fsp3) is 0.647. The number of carbonyl (C=O) groups excluding carboxylic acids is 2. The Labute approximate surface area is 134 Å². The molecular formula is C17H29N3O2. The summed E-state index contributed by atoms with van der Waals surface area (Å²) in [6.07, 6.45) is 3.69. The van der Waals surface area contributed by atoms with Gasteiger partial charge in [-0.05, 0) is 19.3 Å². The molecule has 1 aliphatic carbocycles. The molecule has 1 amide bonds. The van der Waals surface area contributed by atoms with Crippen molar-refractivity contribution in [2.24, 2.45) is 0 Å². The second-order valence-corrected chi connectivity index (χ2v) is 4.91. The van der Waals surface area contributed by atoms with E-state index in [-0.39, 0.29) is 11.7 Å². The summed E-state index contributed by atoms with van der Waals surface area (Å²) >= 11 is 0. The Bertz CT molecular complexity index is 506. The van der Waals surface area contributed by atoms with Crippen LogP contribution in [-0.4, -0.2) is 42.1 Å². The molecule has 124 valence electrons. The molecule has 2 aliphatic heterocycles. The molecule has 0 fully saturated rings. The first-order valence-corrected chi connectivity index (χ1v) is 8.38. The van der Waals surface area contributed by atoms with Crippen molar-refractivity contribution in [3.63, 3.8) is 0 Å². The summed E-state index contributed by atoms with van der Waals surface area (Å²) in [5.74, 6) is 0.469. The molecular weight excluding hydrogens is 278 g/mol. The molecule has 0 atom stereocenters. The summed E-state index contributed by atoms with van der Waals surface area (Å²) < 4.78 is 0. The molecule has 0 aromatic carbocycles. The maximum atomic E-state index is 12.0. The number of rotatable bonds is 1. The van der Waals surface area contributed by atoms with Crippen molar-refractivity contribution in [1.29, 1.82) is 0 Å². The van der Waals surface area contributed by atoms with Crippen LogP contribution in [0.15, 0.2) is 22.8 Å². The van der Waals surface area contributed by atoms with Crippen LogP contribution in [0.25, 0.3) is 0 Å². The molecule has 0 spiro atoms. The van der Waals surface area contributed by atoms with Crippen LogP contribution >= 0.6 is 0 Å². The second-order valence-electron chi connectivity index (χ2n) is 4.91. The highest BCUT2D eigenvalue weighted by molar-refractivity contribution is 6.20. The van der Waals surface area contributed by atoms with E-state index in [1.54, 1.807) is 7.05 Å². The molecule has 1 N–H and O–H groups in total. The Kier molecular flexibility index (Phi) is 6.65. The van der Waals surface area contributed by atoms with Crippen LogP contribution in [0.2, 0.25) is 0 Å². The molecule has 0 unspecified atom stereocenters. The Morgan fingerprint density at radius 3 is 2.23 bits per heavy atom. The van der Waals surface area contributed by atoms with Gasteiger partial charge < -0.3 is 15.1 Å². The molecule has 0 aromatic heterocycles. The number of likely N-dealkylation sites (N-methyl/N-ethyl adjacent to an activating group) is 1. The van der Waals surface area contributed by atoms with Gasteiger partial charge in [0.25, 0.3) is 5.91 Å². The van der Waals surface area contributed by atoms with Gasteiger partial charge in [0, 0.05) is 38.5 Å². The topological polar surface area (TPSA) is 52.7 Å². The quantitative estimate of drug-likeness (QED) is 0.757. The predicted molar refractivity (Wildman–Crippen MR) is 88.8 cm³/mol. The second kappa shape index (κ2) is 8.01. The van der Waals surface area contributed by atoms with Crippen molar-refractivity contribution < 1.29 is 9.59 Å². The summed E-state index contributed by atoms with van der Waals surface area (Å²) in [5.41, 5.74) is 2.91. The van der Waals surface area contributed by atoms with Crippen molar-refractivity contribution in [2.75, 3.05) is 20.6 Å². The van der Waals surface area contributed by atoms with Crippen LogP contribution in [0.1, 0.15) is 53.4 Å². The number of nitrogens with zero attached hydrogens (tertiary/aromatic N) is 2. The van der Waals surface area contributed by atoms with Crippen LogP contribution < -0.4 is 5.32 Å². The van der Waals surface area contributed by atoms with E-state index in [0.29, 0.717) is 18.5 Å². The number of amides is 1. The van der Waals surface area contributed by atoms with Gasteiger partial charge in [-0.15, -0.1) is 0 Å². The predicted octanol–water partition coefficient (Wildman–Crippen LogP) is 2.61. The average Bonchev–Trinajstić information content (AvgIpc) is 3.14. The molecule has 5 nitrogen and oxygen atoms in total. The van der Waals surface area contributed by atoms with Gasteiger partial charge in [-0.2, -0.15) is 0 Å². The molecule has 0 bridgehead atoms. The molecule has 0 saturated heterocycles. The molecule has 0 radical (unpaired) electrons. The van der Waals surface area contributed by atoms with E-state index in [4.69, 9.17) is 0 Å². The molecule has 2 heterocycles. The van der Waals surface area contributed by atoms with E-state index in [1.165, 1.54) is 17.8 Å². The molecule has 0 saturated carbocycles. The number of carbonyl (C=O) groups is 2. The van der Waals surface area contributed by atoms with Crippen molar-refractivity contribution in [1.82, 2.24) is 15.1 Å². The van der Waals surface area contributed by atoms with Gasteiger partial charge in [0.2, 0.25) is 0 Å². The highest BCUT2D eigenvalue weighted by Crippen LogP contribution is 2.43. The first-order chi connectivity index (χ1) is 10.6. The lowest BCUT2D eigenvalue weighted by molar-refractivity contribution is -0.123. The number of hydrogen-bond donors (Lipinski definition) is 1. The number of Topliss-reactive ketones (excluding diaryl/α,β-unsaturated/α-hetero) is 1. The largest absolute Gasteiger partial charge is 0.355 e. The van der Waals surface area contributed by atoms with Gasteiger partial charge in [-0.25, -0.2) is 0 Å². The summed E-state index contributed by atoms with van der Waals surface area (Å²) in [7, 11) is 3.52. The van der Waals surface area contributed by atoms with Gasteiger partial charge in [-0.3, -0.25) is 9.59 Å². The van der Waals surface area contributed by atoms with E-state index in [9.17, 15) is 9.59 Å². The molecule has 0 aromatic rings.